The van der Waals surface area contributed by atoms with Crippen molar-refractivity contribution in [3.05, 3.63) is 77.4 Å². The van der Waals surface area contributed by atoms with Gasteiger partial charge < -0.3 is 0 Å². The van der Waals surface area contributed by atoms with Crippen molar-refractivity contribution < 1.29 is 8.42 Å². The molecule has 0 heterocycles. The Morgan fingerprint density at radius 1 is 1.00 bits per heavy atom. The summed E-state index contributed by atoms with van der Waals surface area (Å²) in [4.78, 5) is 0. The molecule has 122 valence electrons. The van der Waals surface area contributed by atoms with Crippen LogP contribution in [0.3, 0.4) is 0 Å². The Labute approximate surface area is 138 Å². The average Bonchev–Trinajstić information content (AvgIpc) is 2.54. The van der Waals surface area contributed by atoms with Crippen LogP contribution in [0.15, 0.2) is 66.2 Å². The summed E-state index contributed by atoms with van der Waals surface area (Å²) in [5, 5.41) is 0. The lowest BCUT2D eigenvalue weighted by molar-refractivity contribution is 0.497. The first-order valence-electron chi connectivity index (χ1n) is 7.38. The Morgan fingerprint density at radius 3 is 2.04 bits per heavy atom. The first kappa shape index (κ1) is 17.4. The van der Waals surface area contributed by atoms with Crippen molar-refractivity contribution in [1.82, 2.24) is 9.03 Å². The van der Waals surface area contributed by atoms with E-state index < -0.39 is 16.3 Å². The zero-order valence-electron chi connectivity index (χ0n) is 13.6. The molecule has 0 aromatic heterocycles. The molecule has 2 rings (SSSR count). The third kappa shape index (κ3) is 4.76. The minimum Gasteiger partial charge on any atom is -0.195 e. The minimum atomic E-state index is -3.54. The molecule has 2 aromatic rings. The van der Waals surface area contributed by atoms with Gasteiger partial charge in [0.25, 0.3) is 10.2 Å². The lowest BCUT2D eigenvalue weighted by atomic mass is 9.99. The largest absolute Gasteiger partial charge is 0.279 e. The summed E-state index contributed by atoms with van der Waals surface area (Å²) < 4.78 is 28.5. The minimum absolute atomic E-state index is 0.413. The molecule has 0 saturated carbocycles. The van der Waals surface area contributed by atoms with Crippen molar-refractivity contribution >= 4 is 16.3 Å². The Bertz CT molecular complexity index is 754. The van der Waals surface area contributed by atoms with Gasteiger partial charge in [-0.1, -0.05) is 72.3 Å². The van der Waals surface area contributed by atoms with Gasteiger partial charge in [-0.25, -0.2) is 0 Å². The van der Waals surface area contributed by atoms with Crippen molar-refractivity contribution in [3.8, 4) is 0 Å². The van der Waals surface area contributed by atoms with Crippen LogP contribution in [-0.4, -0.2) is 26.8 Å². The van der Waals surface area contributed by atoms with Gasteiger partial charge in [-0.15, -0.1) is 0 Å². The van der Waals surface area contributed by atoms with Crippen molar-refractivity contribution in [1.29, 1.82) is 0 Å². The lowest BCUT2D eigenvalue weighted by Gasteiger charge is -2.22. The van der Waals surface area contributed by atoms with Gasteiger partial charge in [0.05, 0.1) is 6.04 Å². The fraction of sp³-hybridized carbons (Fsp3) is 0.222. The van der Waals surface area contributed by atoms with E-state index in [4.69, 9.17) is 0 Å². The van der Waals surface area contributed by atoms with E-state index in [1.54, 1.807) is 0 Å². The molecule has 23 heavy (non-hydrogen) atoms. The van der Waals surface area contributed by atoms with Crippen molar-refractivity contribution in [2.24, 2.45) is 0 Å². The monoisotopic (exact) mass is 330 g/mol. The molecule has 5 heteroatoms. The summed E-state index contributed by atoms with van der Waals surface area (Å²) in [5.41, 5.74) is 2.87. The molecule has 0 aliphatic carbocycles. The SMILES string of the molecule is C/C(=C\c1ccccc1)[C@H](NS(=O)(=O)N(C)C)c1ccccc1. The van der Waals surface area contributed by atoms with Crippen LogP contribution in [0.4, 0.5) is 0 Å². The molecule has 0 bridgehead atoms. The van der Waals surface area contributed by atoms with Crippen LogP contribution in [0.25, 0.3) is 6.08 Å². The summed E-state index contributed by atoms with van der Waals surface area (Å²) >= 11 is 0. The van der Waals surface area contributed by atoms with Crippen LogP contribution >= 0.6 is 0 Å². The van der Waals surface area contributed by atoms with Crippen LogP contribution in [-0.2, 0) is 10.2 Å². The smallest absolute Gasteiger partial charge is 0.195 e. The van der Waals surface area contributed by atoms with E-state index in [0.29, 0.717) is 0 Å². The Kier molecular flexibility index (Phi) is 5.71. The van der Waals surface area contributed by atoms with E-state index >= 15 is 0 Å². The number of benzene rings is 2. The molecule has 1 atom stereocenters. The first-order chi connectivity index (χ1) is 10.9. The van der Waals surface area contributed by atoms with Crippen LogP contribution < -0.4 is 4.72 Å². The zero-order valence-corrected chi connectivity index (χ0v) is 14.4. The summed E-state index contributed by atoms with van der Waals surface area (Å²) in [7, 11) is -0.511. The quantitative estimate of drug-likeness (QED) is 0.884. The fourth-order valence-corrected chi connectivity index (χ4v) is 3.05. The molecule has 1 N–H and O–H groups in total. The fourth-order valence-electron chi connectivity index (χ4n) is 2.22. The number of nitrogens with zero attached hydrogens (tertiary/aromatic N) is 1. The molecule has 0 aliphatic rings. The molecular formula is C18H22N2O2S. The van der Waals surface area contributed by atoms with Crippen molar-refractivity contribution in [3.63, 3.8) is 0 Å². The first-order valence-corrected chi connectivity index (χ1v) is 8.82. The second-order valence-electron chi connectivity index (χ2n) is 5.55. The Morgan fingerprint density at radius 2 is 1.52 bits per heavy atom. The molecular weight excluding hydrogens is 308 g/mol. The summed E-state index contributed by atoms with van der Waals surface area (Å²) in [6.45, 7) is 1.93. The van der Waals surface area contributed by atoms with Gasteiger partial charge in [-0.2, -0.15) is 17.4 Å². The maximum absolute atomic E-state index is 12.3. The maximum atomic E-state index is 12.3. The molecule has 0 aliphatic heterocycles. The van der Waals surface area contributed by atoms with Gasteiger partial charge in [0.15, 0.2) is 0 Å². The highest BCUT2D eigenvalue weighted by atomic mass is 32.2. The van der Waals surface area contributed by atoms with Crippen LogP contribution in [0.5, 0.6) is 0 Å². The van der Waals surface area contributed by atoms with E-state index in [9.17, 15) is 8.42 Å². The second kappa shape index (κ2) is 7.55. The molecule has 0 saturated heterocycles. The zero-order chi connectivity index (χ0) is 16.9. The van der Waals surface area contributed by atoms with Gasteiger partial charge >= 0.3 is 0 Å². The standard InChI is InChI=1S/C18H22N2O2S/c1-15(14-16-10-6-4-7-11-16)18(17-12-8-5-9-13-17)19-23(21,22)20(2)3/h4-14,18-19H,1-3H3/b15-14+/t18-/m0/s1. The number of hydrogen-bond donors (Lipinski definition) is 1. The highest BCUT2D eigenvalue weighted by molar-refractivity contribution is 7.87. The third-order valence-corrected chi connectivity index (χ3v) is 5.02. The number of rotatable bonds is 6. The van der Waals surface area contributed by atoms with Crippen molar-refractivity contribution in [2.75, 3.05) is 14.1 Å². The van der Waals surface area contributed by atoms with E-state index in [-0.39, 0.29) is 0 Å². The van der Waals surface area contributed by atoms with Gasteiger partial charge in [-0.3, -0.25) is 0 Å². The predicted octanol–water partition coefficient (Wildman–Crippen LogP) is 3.23. The summed E-state index contributed by atoms with van der Waals surface area (Å²) in [6.07, 6.45) is 2.00. The van der Waals surface area contributed by atoms with Gasteiger partial charge in [-0.05, 0) is 18.1 Å². The maximum Gasteiger partial charge on any atom is 0.279 e. The topological polar surface area (TPSA) is 49.4 Å². The summed E-state index contributed by atoms with van der Waals surface area (Å²) in [5.74, 6) is 0. The van der Waals surface area contributed by atoms with E-state index in [1.165, 1.54) is 18.4 Å². The molecule has 0 spiro atoms. The number of nitrogens with one attached hydrogen (secondary N) is 1. The van der Waals surface area contributed by atoms with E-state index in [0.717, 1.165) is 16.7 Å². The molecule has 4 nitrogen and oxygen atoms in total. The van der Waals surface area contributed by atoms with E-state index in [1.807, 2.05) is 73.7 Å². The molecule has 0 amide bonds. The predicted molar refractivity (Wildman–Crippen MR) is 95.0 cm³/mol. The van der Waals surface area contributed by atoms with Crippen LogP contribution in [0, 0.1) is 0 Å². The van der Waals surface area contributed by atoms with Gasteiger partial charge in [0.2, 0.25) is 0 Å². The van der Waals surface area contributed by atoms with Crippen LogP contribution in [0.2, 0.25) is 0 Å². The van der Waals surface area contributed by atoms with Crippen LogP contribution in [0.1, 0.15) is 24.1 Å². The highest BCUT2D eigenvalue weighted by Gasteiger charge is 2.22. The second-order valence-corrected chi connectivity index (χ2v) is 7.46. The highest BCUT2D eigenvalue weighted by Crippen LogP contribution is 2.24. The average molecular weight is 330 g/mol. The van der Waals surface area contributed by atoms with E-state index in [2.05, 4.69) is 4.72 Å². The lowest BCUT2D eigenvalue weighted by Crippen LogP contribution is -2.38. The van der Waals surface area contributed by atoms with Crippen molar-refractivity contribution in [2.45, 2.75) is 13.0 Å². The van der Waals surface area contributed by atoms with Gasteiger partial charge in [0, 0.05) is 14.1 Å². The molecule has 0 fully saturated rings. The normalized spacial score (nSPS) is 14.0. The molecule has 0 radical (unpaired) electrons. The summed E-state index contributed by atoms with van der Waals surface area (Å²) in [6, 6.07) is 19.0. The van der Waals surface area contributed by atoms with Gasteiger partial charge in [0.1, 0.15) is 0 Å². The Balaban J connectivity index is 2.40. The molecule has 0 unspecified atom stereocenters. The number of hydrogen-bond acceptors (Lipinski definition) is 2. The Hall–Kier alpha value is -1.95. The third-order valence-electron chi connectivity index (χ3n) is 3.53. The molecule has 2 aromatic carbocycles.